The second-order valence-electron chi connectivity index (χ2n) is 4.78. The lowest BCUT2D eigenvalue weighted by atomic mass is 10.0. The summed E-state index contributed by atoms with van der Waals surface area (Å²) in [6.07, 6.45) is 0.559. The second-order valence-corrected chi connectivity index (χ2v) is 4.78. The van der Waals surface area contributed by atoms with Gasteiger partial charge in [0.2, 0.25) is 5.91 Å². The Morgan fingerprint density at radius 3 is 2.68 bits per heavy atom. The number of rotatable bonds is 8. The minimum absolute atomic E-state index is 0.0167. The Morgan fingerprint density at radius 1 is 1.42 bits per heavy atom. The van der Waals surface area contributed by atoms with E-state index < -0.39 is 13.0 Å². The molecular weight excluding hydrogens is 254 g/mol. The zero-order valence-electron chi connectivity index (χ0n) is 11.5. The van der Waals surface area contributed by atoms with Crippen LogP contribution >= 0.6 is 0 Å². The van der Waals surface area contributed by atoms with Crippen LogP contribution in [0.4, 0.5) is 8.78 Å². The monoisotopic (exact) mass is 278 g/mol. The molecule has 0 spiro atoms. The van der Waals surface area contributed by atoms with Gasteiger partial charge in [0.05, 0.1) is 13.0 Å². The molecule has 0 atom stereocenters. The fourth-order valence-corrected chi connectivity index (χ4v) is 2.35. The third kappa shape index (κ3) is 6.29. The molecule has 0 radical (unpaired) electrons. The Morgan fingerprint density at radius 2 is 2.11 bits per heavy atom. The Bertz CT molecular complexity index is 259. The third-order valence-corrected chi connectivity index (χ3v) is 3.24. The number of nitrogens with one attached hydrogen (secondary N) is 1. The first-order chi connectivity index (χ1) is 9.15. The van der Waals surface area contributed by atoms with Gasteiger partial charge in [-0.25, -0.2) is 8.78 Å². The van der Waals surface area contributed by atoms with Crippen LogP contribution in [0.15, 0.2) is 0 Å². The number of carbonyl (C=O) groups is 1. The highest BCUT2D eigenvalue weighted by atomic mass is 19.3. The molecule has 0 aromatic heterocycles. The van der Waals surface area contributed by atoms with Crippen molar-refractivity contribution >= 4 is 5.91 Å². The summed E-state index contributed by atoms with van der Waals surface area (Å²) in [5.74, 6) is 0.0167. The Kier molecular flexibility index (Phi) is 7.90. The number of amides is 1. The fraction of sp³-hybridized carbons (Fsp3) is 0.923. The van der Waals surface area contributed by atoms with Crippen LogP contribution in [-0.2, 0) is 9.53 Å². The van der Waals surface area contributed by atoms with E-state index in [1.54, 1.807) is 0 Å². The van der Waals surface area contributed by atoms with Crippen molar-refractivity contribution in [3.63, 3.8) is 0 Å². The molecule has 1 fully saturated rings. The first-order valence-corrected chi connectivity index (χ1v) is 7.01. The molecule has 1 rings (SSSR count). The maximum atomic E-state index is 12.1. The number of nitrogens with zero attached hydrogens (tertiary/aromatic N) is 1. The molecule has 1 aliphatic rings. The van der Waals surface area contributed by atoms with Gasteiger partial charge in [-0.1, -0.05) is 6.92 Å². The first kappa shape index (κ1) is 16.3. The highest BCUT2D eigenvalue weighted by molar-refractivity contribution is 5.76. The van der Waals surface area contributed by atoms with Gasteiger partial charge in [-0.3, -0.25) is 4.79 Å². The maximum Gasteiger partial charge on any atom is 0.261 e. The largest absolute Gasteiger partial charge is 0.375 e. The van der Waals surface area contributed by atoms with Crippen LogP contribution in [0.3, 0.4) is 0 Å². The molecule has 1 N–H and O–H groups in total. The van der Waals surface area contributed by atoms with E-state index >= 15 is 0 Å². The molecule has 1 saturated heterocycles. The van der Waals surface area contributed by atoms with Crippen molar-refractivity contribution in [1.82, 2.24) is 10.2 Å². The third-order valence-electron chi connectivity index (χ3n) is 3.24. The maximum absolute atomic E-state index is 12.1. The van der Waals surface area contributed by atoms with Crippen molar-refractivity contribution in [2.24, 2.45) is 0 Å². The van der Waals surface area contributed by atoms with Gasteiger partial charge in [0.1, 0.15) is 6.61 Å². The average molecular weight is 278 g/mol. The topological polar surface area (TPSA) is 41.6 Å². The zero-order chi connectivity index (χ0) is 14.1. The molecule has 0 bridgehead atoms. The summed E-state index contributed by atoms with van der Waals surface area (Å²) in [5, 5.41) is 3.27. The second kappa shape index (κ2) is 9.20. The molecule has 0 unspecified atom stereocenters. The minimum Gasteiger partial charge on any atom is -0.375 e. The van der Waals surface area contributed by atoms with E-state index in [1.807, 2.05) is 11.8 Å². The lowest BCUT2D eigenvalue weighted by Crippen LogP contribution is -2.46. The van der Waals surface area contributed by atoms with Gasteiger partial charge in [0, 0.05) is 12.6 Å². The van der Waals surface area contributed by atoms with Gasteiger partial charge in [-0.15, -0.1) is 0 Å². The van der Waals surface area contributed by atoms with Crippen LogP contribution in [0.25, 0.3) is 0 Å². The zero-order valence-corrected chi connectivity index (χ0v) is 11.5. The lowest BCUT2D eigenvalue weighted by Gasteiger charge is -2.34. The average Bonchev–Trinajstić information content (AvgIpc) is 2.41. The number of halogens is 2. The number of ether oxygens (including phenoxy) is 1. The van der Waals surface area contributed by atoms with E-state index in [9.17, 15) is 13.6 Å². The molecule has 0 aromatic carbocycles. The van der Waals surface area contributed by atoms with Crippen molar-refractivity contribution in [2.75, 3.05) is 32.8 Å². The summed E-state index contributed by atoms with van der Waals surface area (Å²) in [5.41, 5.74) is 0. The number of carbonyl (C=O) groups excluding carboxylic acids is 1. The van der Waals surface area contributed by atoms with Crippen LogP contribution in [0, 0.1) is 0 Å². The van der Waals surface area contributed by atoms with Crippen LogP contribution in [-0.4, -0.2) is 56.1 Å². The molecule has 0 aliphatic carbocycles. The summed E-state index contributed by atoms with van der Waals surface area (Å²) < 4.78 is 28.6. The van der Waals surface area contributed by atoms with Gasteiger partial charge in [0.25, 0.3) is 6.43 Å². The molecule has 0 aromatic rings. The summed E-state index contributed by atoms with van der Waals surface area (Å²) in [7, 11) is 0. The molecule has 19 heavy (non-hydrogen) atoms. The molecule has 112 valence electrons. The summed E-state index contributed by atoms with van der Waals surface area (Å²) in [4.78, 5) is 14.0. The van der Waals surface area contributed by atoms with Crippen LogP contribution < -0.4 is 5.32 Å². The first-order valence-electron chi connectivity index (χ1n) is 7.01. The SMILES string of the molecule is CCCN(C(=O)CCOCC(F)F)C1CCNCC1. The van der Waals surface area contributed by atoms with E-state index in [1.165, 1.54) is 0 Å². The van der Waals surface area contributed by atoms with E-state index in [2.05, 4.69) is 5.32 Å². The Labute approximate surface area is 113 Å². The van der Waals surface area contributed by atoms with Gasteiger partial charge in [-0.2, -0.15) is 0 Å². The van der Waals surface area contributed by atoms with E-state index in [4.69, 9.17) is 4.74 Å². The predicted octanol–water partition coefficient (Wildman–Crippen LogP) is 1.65. The summed E-state index contributed by atoms with van der Waals surface area (Å²) in [6, 6.07) is 0.281. The van der Waals surface area contributed by atoms with Crippen LogP contribution in [0.2, 0.25) is 0 Å². The number of piperidine rings is 1. The molecule has 4 nitrogen and oxygen atoms in total. The molecular formula is C13H24F2N2O2. The van der Waals surface area contributed by atoms with Crippen molar-refractivity contribution < 1.29 is 18.3 Å². The molecule has 0 saturated carbocycles. The van der Waals surface area contributed by atoms with E-state index in [0.29, 0.717) is 0 Å². The molecule has 1 aliphatic heterocycles. The van der Waals surface area contributed by atoms with Crippen molar-refractivity contribution in [3.05, 3.63) is 0 Å². The van der Waals surface area contributed by atoms with Gasteiger partial charge >= 0.3 is 0 Å². The minimum atomic E-state index is -2.47. The number of hydrogen-bond donors (Lipinski definition) is 1. The van der Waals surface area contributed by atoms with Crippen molar-refractivity contribution in [3.8, 4) is 0 Å². The Hall–Kier alpha value is -0.750. The molecule has 1 heterocycles. The number of hydrogen-bond acceptors (Lipinski definition) is 3. The summed E-state index contributed by atoms with van der Waals surface area (Å²) >= 11 is 0. The standard InChI is InChI=1S/C13H24F2N2O2/c1-2-8-17(11-3-6-16-7-4-11)13(18)5-9-19-10-12(14)15/h11-12,16H,2-10H2,1H3. The fourth-order valence-electron chi connectivity index (χ4n) is 2.35. The van der Waals surface area contributed by atoms with E-state index in [0.717, 1.165) is 38.9 Å². The number of alkyl halides is 2. The van der Waals surface area contributed by atoms with Crippen LogP contribution in [0.5, 0.6) is 0 Å². The van der Waals surface area contributed by atoms with E-state index in [-0.39, 0.29) is 25.0 Å². The van der Waals surface area contributed by atoms with Crippen molar-refractivity contribution in [1.29, 1.82) is 0 Å². The van der Waals surface area contributed by atoms with Gasteiger partial charge < -0.3 is 15.0 Å². The summed E-state index contributed by atoms with van der Waals surface area (Å²) in [6.45, 7) is 4.12. The van der Waals surface area contributed by atoms with Gasteiger partial charge in [-0.05, 0) is 32.4 Å². The normalized spacial score (nSPS) is 16.8. The highest BCUT2D eigenvalue weighted by Gasteiger charge is 2.24. The molecule has 6 heteroatoms. The predicted molar refractivity (Wildman–Crippen MR) is 69.3 cm³/mol. The quantitative estimate of drug-likeness (QED) is 0.686. The molecule has 1 amide bonds. The van der Waals surface area contributed by atoms with Gasteiger partial charge in [0.15, 0.2) is 0 Å². The van der Waals surface area contributed by atoms with Crippen molar-refractivity contribution in [2.45, 2.75) is 45.1 Å². The smallest absolute Gasteiger partial charge is 0.261 e. The Balaban J connectivity index is 2.34. The van der Waals surface area contributed by atoms with Crippen LogP contribution in [0.1, 0.15) is 32.6 Å². The highest BCUT2D eigenvalue weighted by Crippen LogP contribution is 2.14. The lowest BCUT2D eigenvalue weighted by molar-refractivity contribution is -0.135.